The smallest absolute Gasteiger partial charge is 0.225 e. The molecule has 2 aromatic carbocycles. The predicted molar refractivity (Wildman–Crippen MR) is 106 cm³/mol. The first-order chi connectivity index (χ1) is 13.6. The molecule has 2 N–H and O–H groups in total. The molecule has 2 heterocycles. The number of hydrogen-bond donors (Lipinski definition) is 2. The third kappa shape index (κ3) is 3.22. The number of anilines is 2. The third-order valence-corrected chi connectivity index (χ3v) is 4.75. The van der Waals surface area contributed by atoms with Crippen molar-refractivity contribution in [1.82, 2.24) is 9.78 Å². The summed E-state index contributed by atoms with van der Waals surface area (Å²) in [6.07, 6.45) is 2.03. The van der Waals surface area contributed by atoms with Crippen molar-refractivity contribution >= 4 is 23.2 Å². The van der Waals surface area contributed by atoms with Crippen LogP contribution in [0.1, 0.15) is 30.5 Å². The van der Waals surface area contributed by atoms with Crippen LogP contribution in [-0.4, -0.2) is 28.7 Å². The summed E-state index contributed by atoms with van der Waals surface area (Å²) in [5.41, 5.74) is 3.94. The molecule has 1 aromatic heterocycles. The molecule has 1 unspecified atom stereocenters. The number of aromatic nitrogens is 2. The molecule has 0 spiro atoms. The van der Waals surface area contributed by atoms with Gasteiger partial charge in [0.1, 0.15) is 5.75 Å². The van der Waals surface area contributed by atoms with E-state index in [0.717, 1.165) is 16.9 Å². The molecule has 7 heteroatoms. The van der Waals surface area contributed by atoms with Gasteiger partial charge < -0.3 is 15.4 Å². The Morgan fingerprint density at radius 3 is 2.75 bits per heavy atom. The Morgan fingerprint density at radius 2 is 2.04 bits per heavy atom. The highest BCUT2D eigenvalue weighted by Gasteiger charge is 2.30. The Bertz CT molecular complexity index is 1040. The van der Waals surface area contributed by atoms with Crippen molar-refractivity contribution in [2.75, 3.05) is 17.7 Å². The van der Waals surface area contributed by atoms with Gasteiger partial charge in [0.2, 0.25) is 11.8 Å². The lowest BCUT2D eigenvalue weighted by atomic mass is 9.87. The Morgan fingerprint density at radius 1 is 1.25 bits per heavy atom. The topological polar surface area (TPSA) is 85.2 Å². The maximum absolute atomic E-state index is 12.4. The number of ether oxygens (including phenoxy) is 1. The Labute approximate surface area is 162 Å². The van der Waals surface area contributed by atoms with Gasteiger partial charge in [-0.25, -0.2) is 4.68 Å². The summed E-state index contributed by atoms with van der Waals surface area (Å²) >= 11 is 0. The van der Waals surface area contributed by atoms with Gasteiger partial charge >= 0.3 is 0 Å². The van der Waals surface area contributed by atoms with Crippen molar-refractivity contribution in [3.8, 4) is 11.4 Å². The van der Waals surface area contributed by atoms with Gasteiger partial charge in [0.05, 0.1) is 24.2 Å². The Hall–Kier alpha value is -3.61. The van der Waals surface area contributed by atoms with Gasteiger partial charge in [-0.2, -0.15) is 5.10 Å². The van der Waals surface area contributed by atoms with E-state index in [1.165, 1.54) is 6.92 Å². The van der Waals surface area contributed by atoms with Gasteiger partial charge in [0.25, 0.3) is 0 Å². The molecule has 142 valence electrons. The summed E-state index contributed by atoms with van der Waals surface area (Å²) < 4.78 is 7.32. The normalized spacial score (nSPS) is 15.5. The molecule has 4 rings (SSSR count). The molecule has 3 aromatic rings. The number of nitrogens with one attached hydrogen (secondary N) is 2. The van der Waals surface area contributed by atoms with E-state index in [0.29, 0.717) is 23.5 Å². The van der Waals surface area contributed by atoms with E-state index in [1.807, 2.05) is 47.1 Å². The van der Waals surface area contributed by atoms with Gasteiger partial charge in [0.15, 0.2) is 0 Å². The number of fused-ring (bicyclic) bond motifs is 1. The molecule has 0 saturated heterocycles. The first-order valence-corrected chi connectivity index (χ1v) is 8.95. The van der Waals surface area contributed by atoms with Crippen molar-refractivity contribution in [3.05, 3.63) is 66.0 Å². The minimum Gasteiger partial charge on any atom is -0.495 e. The molecule has 0 aliphatic carbocycles. The summed E-state index contributed by atoms with van der Waals surface area (Å²) in [6, 6.07) is 15.3. The fourth-order valence-corrected chi connectivity index (χ4v) is 3.57. The number of benzene rings is 2. The van der Waals surface area contributed by atoms with E-state index in [-0.39, 0.29) is 17.7 Å². The molecular formula is C21H20N4O3. The second-order valence-electron chi connectivity index (χ2n) is 6.63. The van der Waals surface area contributed by atoms with Gasteiger partial charge in [-0.1, -0.05) is 18.2 Å². The molecule has 0 saturated carbocycles. The van der Waals surface area contributed by atoms with E-state index < -0.39 is 0 Å². The molecule has 0 radical (unpaired) electrons. The SMILES string of the molecule is COc1cc2c(cc1NC(C)=O)NC(=O)CC2c1ccnn1-c1ccccc1. The predicted octanol–water partition coefficient (Wildman–Crippen LogP) is 3.31. The highest BCUT2D eigenvalue weighted by Crippen LogP contribution is 2.42. The van der Waals surface area contributed by atoms with Crippen LogP contribution in [0.5, 0.6) is 5.75 Å². The number of para-hydroxylation sites is 1. The average molecular weight is 376 g/mol. The van der Waals surface area contributed by atoms with E-state index in [4.69, 9.17) is 4.74 Å². The number of rotatable bonds is 4. The van der Waals surface area contributed by atoms with E-state index >= 15 is 0 Å². The second kappa shape index (κ2) is 7.19. The number of amides is 2. The van der Waals surface area contributed by atoms with Crippen LogP contribution in [-0.2, 0) is 9.59 Å². The zero-order valence-electron chi connectivity index (χ0n) is 15.6. The van der Waals surface area contributed by atoms with Gasteiger partial charge in [-0.05, 0) is 35.9 Å². The number of hydrogen-bond acceptors (Lipinski definition) is 4. The molecule has 1 aliphatic heterocycles. The molecule has 1 atom stereocenters. The molecule has 1 aliphatic rings. The van der Waals surface area contributed by atoms with Crippen LogP contribution in [0.25, 0.3) is 5.69 Å². The van der Waals surface area contributed by atoms with Crippen LogP contribution in [0.3, 0.4) is 0 Å². The van der Waals surface area contributed by atoms with Crippen LogP contribution in [0.15, 0.2) is 54.7 Å². The number of methoxy groups -OCH3 is 1. The lowest BCUT2D eigenvalue weighted by molar-refractivity contribution is -0.116. The number of nitrogens with zero attached hydrogens (tertiary/aromatic N) is 2. The maximum Gasteiger partial charge on any atom is 0.225 e. The van der Waals surface area contributed by atoms with Crippen molar-refractivity contribution < 1.29 is 14.3 Å². The van der Waals surface area contributed by atoms with Crippen LogP contribution < -0.4 is 15.4 Å². The molecule has 7 nitrogen and oxygen atoms in total. The van der Waals surface area contributed by atoms with Crippen molar-refractivity contribution in [3.63, 3.8) is 0 Å². The van der Waals surface area contributed by atoms with Crippen LogP contribution in [0.4, 0.5) is 11.4 Å². The summed E-state index contributed by atoms with van der Waals surface area (Å²) in [5, 5.41) is 10.1. The molecular weight excluding hydrogens is 356 g/mol. The third-order valence-electron chi connectivity index (χ3n) is 4.75. The summed E-state index contributed by atoms with van der Waals surface area (Å²) in [7, 11) is 1.55. The van der Waals surface area contributed by atoms with Crippen molar-refractivity contribution in [2.24, 2.45) is 0 Å². The summed E-state index contributed by atoms with van der Waals surface area (Å²) in [4.78, 5) is 23.9. The minimum absolute atomic E-state index is 0.0859. The zero-order valence-corrected chi connectivity index (χ0v) is 15.6. The average Bonchev–Trinajstić information content (AvgIpc) is 3.16. The highest BCUT2D eigenvalue weighted by atomic mass is 16.5. The molecule has 2 amide bonds. The molecule has 0 bridgehead atoms. The first-order valence-electron chi connectivity index (χ1n) is 8.95. The zero-order chi connectivity index (χ0) is 19.7. The molecule has 28 heavy (non-hydrogen) atoms. The summed E-state index contributed by atoms with van der Waals surface area (Å²) in [5.74, 6) is 0.0592. The first kappa shape index (κ1) is 17.8. The monoisotopic (exact) mass is 376 g/mol. The standard InChI is InChI=1S/C21H20N4O3/c1-13(26)23-18-12-17-15(10-20(18)28-2)16(11-21(27)24-17)19-8-9-22-25(19)14-6-4-3-5-7-14/h3-10,12,16H,11H2,1-2H3,(H,23,26)(H,24,27). The lowest BCUT2D eigenvalue weighted by Crippen LogP contribution is -2.25. The second-order valence-corrected chi connectivity index (χ2v) is 6.63. The minimum atomic E-state index is -0.209. The fourth-order valence-electron chi connectivity index (χ4n) is 3.57. The van der Waals surface area contributed by atoms with Crippen molar-refractivity contribution in [2.45, 2.75) is 19.3 Å². The Kier molecular flexibility index (Phi) is 4.57. The van der Waals surface area contributed by atoms with E-state index in [2.05, 4.69) is 15.7 Å². The van der Waals surface area contributed by atoms with Gasteiger partial charge in [-0.3, -0.25) is 9.59 Å². The van der Waals surface area contributed by atoms with Crippen LogP contribution >= 0.6 is 0 Å². The molecule has 0 fully saturated rings. The fraction of sp³-hybridized carbons (Fsp3) is 0.190. The summed E-state index contributed by atoms with van der Waals surface area (Å²) in [6.45, 7) is 1.43. The van der Waals surface area contributed by atoms with Crippen LogP contribution in [0, 0.1) is 0 Å². The maximum atomic E-state index is 12.4. The lowest BCUT2D eigenvalue weighted by Gasteiger charge is -2.27. The highest BCUT2D eigenvalue weighted by molar-refractivity contribution is 5.98. The largest absolute Gasteiger partial charge is 0.495 e. The van der Waals surface area contributed by atoms with Crippen LogP contribution in [0.2, 0.25) is 0 Å². The number of carbonyl (C=O) groups is 2. The van der Waals surface area contributed by atoms with Gasteiger partial charge in [-0.15, -0.1) is 0 Å². The quantitative estimate of drug-likeness (QED) is 0.732. The number of carbonyl (C=O) groups excluding carboxylic acids is 2. The van der Waals surface area contributed by atoms with Gasteiger partial charge in [0, 0.05) is 31.1 Å². The van der Waals surface area contributed by atoms with Crippen molar-refractivity contribution in [1.29, 1.82) is 0 Å². The van der Waals surface area contributed by atoms with E-state index in [9.17, 15) is 9.59 Å². The van der Waals surface area contributed by atoms with E-state index in [1.54, 1.807) is 19.4 Å². The Balaban J connectivity index is 1.83.